The molecule has 1 spiro atoms. The van der Waals surface area contributed by atoms with E-state index in [2.05, 4.69) is 10.6 Å². The molecule has 1 aromatic rings. The van der Waals surface area contributed by atoms with Crippen LogP contribution in [0.15, 0.2) is 24.3 Å². The zero-order valence-electron chi connectivity index (χ0n) is 12.4. The van der Waals surface area contributed by atoms with Gasteiger partial charge in [0.2, 0.25) is 5.91 Å². The van der Waals surface area contributed by atoms with E-state index < -0.39 is 12.1 Å². The zero-order valence-corrected chi connectivity index (χ0v) is 12.4. The summed E-state index contributed by atoms with van der Waals surface area (Å²) in [6.45, 7) is 1.34. The van der Waals surface area contributed by atoms with Crippen molar-refractivity contribution in [2.45, 2.75) is 24.2 Å². The number of ether oxygens (including phenoxy) is 1. The quantitative estimate of drug-likeness (QED) is 0.595. The average molecular weight is 347 g/mol. The molecule has 5 N–H and O–H groups in total. The largest absolute Gasteiger partial charge is 0.490 e. The topological polar surface area (TPSA) is 114 Å². The van der Waals surface area contributed by atoms with Crippen LogP contribution < -0.4 is 21.1 Å². The fraction of sp³-hybridized carbons (Fsp3) is 0.429. The fourth-order valence-corrected chi connectivity index (χ4v) is 2.47. The predicted octanol–water partition coefficient (Wildman–Crippen LogP) is 0.710. The number of carbonyl (C=O) groups excluding carboxylic acids is 1. The van der Waals surface area contributed by atoms with Crippen LogP contribution in [0.4, 0.5) is 18.9 Å². The highest BCUT2D eigenvalue weighted by atomic mass is 19.4. The molecular formula is C14H16F3N3O4. The van der Waals surface area contributed by atoms with E-state index in [-0.39, 0.29) is 17.6 Å². The van der Waals surface area contributed by atoms with Crippen LogP contribution in [0.25, 0.3) is 0 Å². The van der Waals surface area contributed by atoms with Crippen molar-refractivity contribution < 1.29 is 32.6 Å². The van der Waals surface area contributed by atoms with Gasteiger partial charge in [0, 0.05) is 13.0 Å². The first-order valence-electron chi connectivity index (χ1n) is 6.98. The lowest BCUT2D eigenvalue weighted by molar-refractivity contribution is -0.192. The van der Waals surface area contributed by atoms with Crippen LogP contribution in [-0.2, 0) is 9.59 Å². The average Bonchev–Trinajstić information content (AvgIpc) is 2.91. The summed E-state index contributed by atoms with van der Waals surface area (Å²) in [6, 6.07) is 7.53. The van der Waals surface area contributed by atoms with Crippen LogP contribution in [0.3, 0.4) is 0 Å². The molecule has 24 heavy (non-hydrogen) atoms. The second-order valence-electron chi connectivity index (χ2n) is 5.48. The third-order valence-electron chi connectivity index (χ3n) is 3.65. The number of nitrogens with one attached hydrogen (secondary N) is 2. The number of rotatable bonds is 1. The number of aliphatic carboxylic acids is 1. The summed E-state index contributed by atoms with van der Waals surface area (Å²) in [4.78, 5) is 20.1. The number of hydrogen-bond donors (Lipinski definition) is 4. The van der Waals surface area contributed by atoms with E-state index in [0.717, 1.165) is 11.4 Å². The minimum Gasteiger partial charge on any atom is -0.482 e. The molecule has 0 saturated carbocycles. The first kappa shape index (κ1) is 17.9. The number of hydrogen-bond acceptors (Lipinski definition) is 5. The second-order valence-corrected chi connectivity index (χ2v) is 5.48. The number of carboxylic acid groups (broad SMARTS) is 1. The van der Waals surface area contributed by atoms with Gasteiger partial charge in [-0.05, 0) is 12.1 Å². The van der Waals surface area contributed by atoms with Gasteiger partial charge in [0.15, 0.2) is 0 Å². The first-order chi connectivity index (χ1) is 11.1. The molecule has 1 saturated heterocycles. The number of benzene rings is 1. The van der Waals surface area contributed by atoms with Gasteiger partial charge < -0.3 is 26.2 Å². The third kappa shape index (κ3) is 4.07. The number of nitrogens with two attached hydrogens (primary N) is 1. The van der Waals surface area contributed by atoms with E-state index in [9.17, 15) is 18.0 Å². The van der Waals surface area contributed by atoms with Crippen molar-refractivity contribution in [2.24, 2.45) is 5.73 Å². The molecule has 0 aromatic heterocycles. The summed E-state index contributed by atoms with van der Waals surface area (Å²) in [7, 11) is 0. The molecule has 2 aliphatic rings. The first-order valence-corrected chi connectivity index (χ1v) is 6.98. The Labute approximate surface area is 135 Å². The van der Waals surface area contributed by atoms with Crippen LogP contribution in [0.2, 0.25) is 0 Å². The lowest BCUT2D eigenvalue weighted by Crippen LogP contribution is -2.47. The number of carbonyl (C=O) groups is 2. The van der Waals surface area contributed by atoms with Crippen molar-refractivity contribution >= 4 is 17.6 Å². The number of anilines is 1. The van der Waals surface area contributed by atoms with Gasteiger partial charge in [-0.1, -0.05) is 12.1 Å². The van der Waals surface area contributed by atoms with E-state index in [4.69, 9.17) is 20.4 Å². The van der Waals surface area contributed by atoms with Crippen LogP contribution >= 0.6 is 0 Å². The Hall–Kier alpha value is -2.49. The number of amides is 1. The molecule has 0 aliphatic carbocycles. The number of fused-ring (bicyclic) bond motifs is 1. The van der Waals surface area contributed by atoms with Gasteiger partial charge in [-0.3, -0.25) is 4.79 Å². The lowest BCUT2D eigenvalue weighted by atomic mass is 9.97. The fourth-order valence-electron chi connectivity index (χ4n) is 2.47. The Balaban J connectivity index is 0.000000256. The molecule has 0 bridgehead atoms. The minimum absolute atomic E-state index is 0.290. The van der Waals surface area contributed by atoms with E-state index in [1.54, 1.807) is 0 Å². The predicted molar refractivity (Wildman–Crippen MR) is 77.6 cm³/mol. The van der Waals surface area contributed by atoms with Gasteiger partial charge >= 0.3 is 12.1 Å². The third-order valence-corrected chi connectivity index (χ3v) is 3.65. The van der Waals surface area contributed by atoms with Crippen molar-refractivity contribution in [3.8, 4) is 5.75 Å². The van der Waals surface area contributed by atoms with E-state index in [1.807, 2.05) is 24.3 Å². The van der Waals surface area contributed by atoms with Crippen LogP contribution in [0, 0.1) is 0 Å². The molecule has 1 aromatic carbocycles. The van der Waals surface area contributed by atoms with Gasteiger partial charge in [-0.2, -0.15) is 13.2 Å². The number of carboxylic acids is 1. The summed E-state index contributed by atoms with van der Waals surface area (Å²) in [5.74, 6) is -2.23. The van der Waals surface area contributed by atoms with Crippen molar-refractivity contribution in [3.63, 3.8) is 0 Å². The van der Waals surface area contributed by atoms with Gasteiger partial charge in [0.1, 0.15) is 11.4 Å². The Morgan fingerprint density at radius 1 is 1.29 bits per heavy atom. The van der Waals surface area contributed by atoms with E-state index in [0.29, 0.717) is 19.5 Å². The molecule has 2 aliphatic heterocycles. The molecule has 2 atom stereocenters. The van der Waals surface area contributed by atoms with Crippen LogP contribution in [-0.4, -0.2) is 47.9 Å². The maximum Gasteiger partial charge on any atom is 0.490 e. The van der Waals surface area contributed by atoms with Crippen molar-refractivity contribution in [1.29, 1.82) is 0 Å². The number of primary amides is 1. The van der Waals surface area contributed by atoms with Gasteiger partial charge in [-0.15, -0.1) is 0 Å². The maximum atomic E-state index is 11.2. The van der Waals surface area contributed by atoms with Crippen molar-refractivity contribution in [2.75, 3.05) is 18.4 Å². The maximum absolute atomic E-state index is 11.2. The van der Waals surface area contributed by atoms with Crippen LogP contribution in [0.1, 0.15) is 6.42 Å². The summed E-state index contributed by atoms with van der Waals surface area (Å²) in [5, 5.41) is 13.6. The Morgan fingerprint density at radius 2 is 1.92 bits per heavy atom. The molecule has 2 unspecified atom stereocenters. The second kappa shape index (κ2) is 6.56. The molecular weight excluding hydrogens is 331 g/mol. The minimum atomic E-state index is -5.08. The normalized spacial score (nSPS) is 24.9. The molecule has 2 heterocycles. The van der Waals surface area contributed by atoms with Crippen molar-refractivity contribution in [3.05, 3.63) is 24.3 Å². The molecule has 7 nitrogen and oxygen atoms in total. The Morgan fingerprint density at radius 3 is 2.46 bits per heavy atom. The van der Waals surface area contributed by atoms with Gasteiger partial charge in [-0.25, -0.2) is 4.79 Å². The highest BCUT2D eigenvalue weighted by molar-refractivity contribution is 5.80. The van der Waals surface area contributed by atoms with Crippen molar-refractivity contribution in [1.82, 2.24) is 5.32 Å². The van der Waals surface area contributed by atoms with Crippen LogP contribution in [0.5, 0.6) is 5.75 Å². The zero-order chi connectivity index (χ0) is 18.0. The molecule has 1 fully saturated rings. The molecule has 10 heteroatoms. The lowest BCUT2D eigenvalue weighted by Gasteiger charge is -2.35. The van der Waals surface area contributed by atoms with E-state index in [1.165, 1.54) is 0 Å². The molecule has 3 rings (SSSR count). The smallest absolute Gasteiger partial charge is 0.482 e. The number of halogens is 3. The summed E-state index contributed by atoms with van der Waals surface area (Å²) in [6.07, 6.45) is -4.47. The standard InChI is InChI=1S/C12H15N3O2.C2HF3O2/c13-11(16)9-5-12(7-15-9)6-14-8-3-1-2-4-10(8)17-12;3-2(4,5)1(6)7/h1-4,9,14-15H,5-7H2,(H2,13,16);(H,6,7). The Kier molecular flexibility index (Phi) is 4.88. The highest BCUT2D eigenvalue weighted by Gasteiger charge is 2.45. The number of para-hydroxylation sites is 2. The molecule has 0 radical (unpaired) electrons. The summed E-state index contributed by atoms with van der Waals surface area (Å²) in [5.41, 5.74) is 5.95. The van der Waals surface area contributed by atoms with E-state index >= 15 is 0 Å². The molecule has 1 amide bonds. The number of alkyl halides is 3. The SMILES string of the molecule is NC(=O)C1CC2(CNc3ccccc3O2)CN1.O=C(O)C(F)(F)F. The summed E-state index contributed by atoms with van der Waals surface area (Å²) >= 11 is 0. The van der Waals surface area contributed by atoms with Gasteiger partial charge in [0.25, 0.3) is 0 Å². The van der Waals surface area contributed by atoms with Gasteiger partial charge in [0.05, 0.1) is 18.3 Å². The highest BCUT2D eigenvalue weighted by Crippen LogP contribution is 2.36. The molecule has 132 valence electrons. The Bertz CT molecular complexity index is 638. The monoisotopic (exact) mass is 347 g/mol. The summed E-state index contributed by atoms with van der Waals surface area (Å²) < 4.78 is 37.8.